The summed E-state index contributed by atoms with van der Waals surface area (Å²) in [6.45, 7) is 2.90. The molecule has 4 N–H and O–H groups in total. The first kappa shape index (κ1) is 16.7. The number of aliphatic carboxylic acids is 1. The van der Waals surface area contributed by atoms with Crippen molar-refractivity contribution < 1.29 is 27.9 Å². The van der Waals surface area contributed by atoms with E-state index in [4.69, 9.17) is 10.8 Å². The SMILES string of the molecule is CC(C)(CC(=O)O)Nc1nc(C(F)(F)F)ccc1C(N)=O. The van der Waals surface area contributed by atoms with E-state index in [1.807, 2.05) is 0 Å². The molecule has 0 saturated carbocycles. The van der Waals surface area contributed by atoms with Gasteiger partial charge < -0.3 is 16.2 Å². The van der Waals surface area contributed by atoms with Gasteiger partial charge in [0.1, 0.15) is 11.5 Å². The van der Waals surface area contributed by atoms with Gasteiger partial charge in [-0.3, -0.25) is 9.59 Å². The monoisotopic (exact) mass is 305 g/mol. The number of pyridine rings is 1. The van der Waals surface area contributed by atoms with Crippen molar-refractivity contribution in [3.63, 3.8) is 0 Å². The Morgan fingerprint density at radius 1 is 1.33 bits per heavy atom. The fourth-order valence-corrected chi connectivity index (χ4v) is 1.65. The molecule has 0 aliphatic carbocycles. The second-order valence-corrected chi connectivity index (χ2v) is 5.03. The molecule has 0 spiro atoms. The van der Waals surface area contributed by atoms with E-state index < -0.39 is 35.1 Å². The average molecular weight is 305 g/mol. The highest BCUT2D eigenvalue weighted by Crippen LogP contribution is 2.30. The van der Waals surface area contributed by atoms with E-state index in [1.165, 1.54) is 13.8 Å². The largest absolute Gasteiger partial charge is 0.481 e. The van der Waals surface area contributed by atoms with Gasteiger partial charge in [0.25, 0.3) is 5.91 Å². The Morgan fingerprint density at radius 3 is 2.33 bits per heavy atom. The molecule has 116 valence electrons. The van der Waals surface area contributed by atoms with Crippen LogP contribution < -0.4 is 11.1 Å². The standard InChI is InChI=1S/C12H14F3N3O3/c1-11(2,5-8(19)20)18-10-6(9(16)21)3-4-7(17-10)12(13,14)15/h3-4H,5H2,1-2H3,(H2,16,21)(H,17,18)(H,19,20). The highest BCUT2D eigenvalue weighted by Gasteiger charge is 2.34. The lowest BCUT2D eigenvalue weighted by Gasteiger charge is -2.26. The van der Waals surface area contributed by atoms with E-state index in [0.717, 1.165) is 6.07 Å². The third-order valence-corrected chi connectivity index (χ3v) is 2.50. The first-order valence-electron chi connectivity index (χ1n) is 5.80. The number of nitrogens with one attached hydrogen (secondary N) is 1. The second-order valence-electron chi connectivity index (χ2n) is 5.03. The molecule has 0 unspecified atom stereocenters. The molecular formula is C12H14F3N3O3. The van der Waals surface area contributed by atoms with Crippen LogP contribution in [0.3, 0.4) is 0 Å². The first-order chi connectivity index (χ1) is 9.42. The minimum atomic E-state index is -4.69. The van der Waals surface area contributed by atoms with Gasteiger partial charge >= 0.3 is 12.1 Å². The Hall–Kier alpha value is -2.32. The molecule has 0 bridgehead atoms. The van der Waals surface area contributed by atoms with E-state index in [2.05, 4.69) is 10.3 Å². The number of nitrogens with two attached hydrogens (primary N) is 1. The molecule has 1 amide bonds. The Kier molecular flexibility index (Phi) is 4.45. The van der Waals surface area contributed by atoms with Crippen molar-refractivity contribution in [2.75, 3.05) is 5.32 Å². The molecule has 1 aromatic rings. The predicted molar refractivity (Wildman–Crippen MR) is 67.7 cm³/mol. The van der Waals surface area contributed by atoms with Crippen LogP contribution in [0.5, 0.6) is 0 Å². The van der Waals surface area contributed by atoms with E-state index in [0.29, 0.717) is 6.07 Å². The maximum atomic E-state index is 12.6. The molecule has 9 heteroatoms. The number of primary amides is 1. The highest BCUT2D eigenvalue weighted by atomic mass is 19.4. The lowest BCUT2D eigenvalue weighted by Crippen LogP contribution is -2.35. The van der Waals surface area contributed by atoms with Gasteiger partial charge in [-0.1, -0.05) is 0 Å². The van der Waals surface area contributed by atoms with E-state index in [9.17, 15) is 22.8 Å². The highest BCUT2D eigenvalue weighted by molar-refractivity contribution is 5.97. The lowest BCUT2D eigenvalue weighted by molar-refractivity contribution is -0.141. The summed E-state index contributed by atoms with van der Waals surface area (Å²) in [6.07, 6.45) is -5.08. The topological polar surface area (TPSA) is 105 Å². The number of carbonyl (C=O) groups excluding carboxylic acids is 1. The molecule has 0 aliphatic heterocycles. The third kappa shape index (κ3) is 4.62. The number of carboxylic acids is 1. The number of hydrogen-bond acceptors (Lipinski definition) is 4. The minimum Gasteiger partial charge on any atom is -0.481 e. The Bertz CT molecular complexity index is 571. The quantitative estimate of drug-likeness (QED) is 0.770. The number of carboxylic acid groups (broad SMARTS) is 1. The molecule has 0 fully saturated rings. The minimum absolute atomic E-state index is 0.249. The summed E-state index contributed by atoms with van der Waals surface area (Å²) < 4.78 is 37.9. The van der Waals surface area contributed by atoms with Crippen LogP contribution in [0, 0.1) is 0 Å². The molecule has 6 nitrogen and oxygen atoms in total. The third-order valence-electron chi connectivity index (χ3n) is 2.50. The first-order valence-corrected chi connectivity index (χ1v) is 5.80. The van der Waals surface area contributed by atoms with E-state index in [1.54, 1.807) is 0 Å². The fourth-order valence-electron chi connectivity index (χ4n) is 1.65. The molecular weight excluding hydrogens is 291 g/mol. The zero-order chi connectivity index (χ0) is 16.4. The summed E-state index contributed by atoms with van der Waals surface area (Å²) in [5.74, 6) is -2.52. The van der Waals surface area contributed by atoms with Crippen molar-refractivity contribution in [1.29, 1.82) is 0 Å². The van der Waals surface area contributed by atoms with Gasteiger partial charge in [0.05, 0.1) is 12.0 Å². The van der Waals surface area contributed by atoms with Crippen molar-refractivity contribution in [2.45, 2.75) is 32.0 Å². The van der Waals surface area contributed by atoms with Crippen molar-refractivity contribution in [2.24, 2.45) is 5.73 Å². The van der Waals surface area contributed by atoms with Gasteiger partial charge in [0.2, 0.25) is 0 Å². The molecule has 1 rings (SSSR count). The normalized spacial score (nSPS) is 12.0. The molecule has 21 heavy (non-hydrogen) atoms. The number of halogens is 3. The van der Waals surface area contributed by atoms with Crippen LogP contribution in [-0.4, -0.2) is 27.5 Å². The van der Waals surface area contributed by atoms with Crippen molar-refractivity contribution >= 4 is 17.7 Å². The Morgan fingerprint density at radius 2 is 1.90 bits per heavy atom. The van der Waals surface area contributed by atoms with Crippen molar-refractivity contribution in [3.8, 4) is 0 Å². The van der Waals surface area contributed by atoms with Crippen LogP contribution in [0.1, 0.15) is 36.3 Å². The molecule has 0 radical (unpaired) electrons. The molecule has 0 atom stereocenters. The van der Waals surface area contributed by atoms with Gasteiger partial charge in [0, 0.05) is 5.54 Å². The maximum absolute atomic E-state index is 12.6. The molecule has 0 aliphatic rings. The molecule has 0 aromatic carbocycles. The van der Waals surface area contributed by atoms with Crippen molar-refractivity contribution in [1.82, 2.24) is 4.98 Å². The Labute approximate surface area is 118 Å². The van der Waals surface area contributed by atoms with Crippen LogP contribution in [0.25, 0.3) is 0 Å². The van der Waals surface area contributed by atoms with Crippen LogP contribution in [0.2, 0.25) is 0 Å². The number of nitrogens with zero attached hydrogens (tertiary/aromatic N) is 1. The summed E-state index contributed by atoms with van der Waals surface area (Å²) >= 11 is 0. The smallest absolute Gasteiger partial charge is 0.433 e. The summed E-state index contributed by atoms with van der Waals surface area (Å²) in [5, 5.41) is 11.3. The number of amides is 1. The molecule has 1 heterocycles. The number of carbonyl (C=O) groups is 2. The summed E-state index contributed by atoms with van der Waals surface area (Å²) in [5.41, 5.74) is 2.50. The van der Waals surface area contributed by atoms with Crippen LogP contribution >= 0.6 is 0 Å². The van der Waals surface area contributed by atoms with Gasteiger partial charge in [-0.2, -0.15) is 13.2 Å². The van der Waals surface area contributed by atoms with Crippen LogP contribution in [-0.2, 0) is 11.0 Å². The zero-order valence-corrected chi connectivity index (χ0v) is 11.3. The number of aromatic nitrogens is 1. The Balaban J connectivity index is 3.24. The van der Waals surface area contributed by atoms with Crippen molar-refractivity contribution in [3.05, 3.63) is 23.4 Å². The zero-order valence-electron chi connectivity index (χ0n) is 11.3. The number of rotatable bonds is 5. The summed E-state index contributed by atoms with van der Waals surface area (Å²) in [4.78, 5) is 25.3. The lowest BCUT2D eigenvalue weighted by atomic mass is 10.0. The van der Waals surface area contributed by atoms with Gasteiger partial charge in [-0.15, -0.1) is 0 Å². The maximum Gasteiger partial charge on any atom is 0.433 e. The van der Waals surface area contributed by atoms with E-state index >= 15 is 0 Å². The average Bonchev–Trinajstić information content (AvgIpc) is 2.24. The fraction of sp³-hybridized carbons (Fsp3) is 0.417. The van der Waals surface area contributed by atoms with E-state index in [-0.39, 0.29) is 12.0 Å². The number of anilines is 1. The second kappa shape index (κ2) is 5.58. The molecule has 1 aromatic heterocycles. The van der Waals surface area contributed by atoms with Crippen LogP contribution in [0.4, 0.5) is 19.0 Å². The predicted octanol–water partition coefficient (Wildman–Crippen LogP) is 1.86. The van der Waals surface area contributed by atoms with Gasteiger partial charge in [-0.05, 0) is 26.0 Å². The number of alkyl halides is 3. The molecule has 0 saturated heterocycles. The van der Waals surface area contributed by atoms with Gasteiger partial charge in [0.15, 0.2) is 0 Å². The summed E-state index contributed by atoms with van der Waals surface area (Å²) in [6, 6.07) is 1.53. The van der Waals surface area contributed by atoms with Gasteiger partial charge in [-0.25, -0.2) is 4.98 Å². The number of hydrogen-bond donors (Lipinski definition) is 3. The summed E-state index contributed by atoms with van der Waals surface area (Å²) in [7, 11) is 0. The van der Waals surface area contributed by atoms with Crippen LogP contribution in [0.15, 0.2) is 12.1 Å².